The van der Waals surface area contributed by atoms with Crippen molar-refractivity contribution in [1.29, 1.82) is 0 Å². The van der Waals surface area contributed by atoms with Gasteiger partial charge in [0.1, 0.15) is 0 Å². The lowest BCUT2D eigenvalue weighted by Gasteiger charge is -2.36. The first-order chi connectivity index (χ1) is 7.00. The number of thiol groups is 1. The Labute approximate surface area is 97.6 Å². The molecule has 1 atom stereocenters. The number of carbonyl (C=O) groups excluding carboxylic acids is 1. The second kappa shape index (κ2) is 5.72. The van der Waals surface area contributed by atoms with Crippen molar-refractivity contribution in [1.82, 2.24) is 14.7 Å². The third-order valence-electron chi connectivity index (χ3n) is 2.65. The SMILES string of the molecule is C[C@H](S)N1CCN(C(=O)CN(C)C)CC1. The molecule has 1 fully saturated rings. The van der Waals surface area contributed by atoms with E-state index in [0.717, 1.165) is 26.2 Å². The van der Waals surface area contributed by atoms with E-state index >= 15 is 0 Å². The first-order valence-corrected chi connectivity index (χ1v) is 5.87. The standard InChI is InChI=1S/C10H21N3OS/c1-9(15)12-4-6-13(7-5-12)10(14)8-11(2)3/h9,15H,4-8H2,1-3H3/t9-/m0/s1. The third kappa shape index (κ3) is 4.01. The second-order valence-corrected chi connectivity index (χ2v) is 5.03. The first-order valence-electron chi connectivity index (χ1n) is 5.35. The van der Waals surface area contributed by atoms with Crippen molar-refractivity contribution >= 4 is 18.5 Å². The first kappa shape index (κ1) is 12.8. The summed E-state index contributed by atoms with van der Waals surface area (Å²) >= 11 is 4.39. The Balaban J connectivity index is 2.34. The number of hydrogen-bond donors (Lipinski definition) is 1. The molecule has 0 saturated carbocycles. The molecule has 1 aliphatic rings. The van der Waals surface area contributed by atoms with E-state index in [-0.39, 0.29) is 11.3 Å². The van der Waals surface area contributed by atoms with Gasteiger partial charge in [-0.05, 0) is 21.0 Å². The summed E-state index contributed by atoms with van der Waals surface area (Å²) < 4.78 is 0. The van der Waals surface area contributed by atoms with Crippen molar-refractivity contribution < 1.29 is 4.79 Å². The molecular formula is C10H21N3OS. The van der Waals surface area contributed by atoms with Crippen LogP contribution in [0.2, 0.25) is 0 Å². The average molecular weight is 231 g/mol. The minimum atomic E-state index is 0.228. The van der Waals surface area contributed by atoms with Crippen LogP contribution in [0.4, 0.5) is 0 Å². The van der Waals surface area contributed by atoms with E-state index in [0.29, 0.717) is 6.54 Å². The monoisotopic (exact) mass is 231 g/mol. The second-order valence-electron chi connectivity index (χ2n) is 4.29. The maximum absolute atomic E-state index is 11.7. The van der Waals surface area contributed by atoms with Crippen LogP contribution in [0.15, 0.2) is 0 Å². The minimum absolute atomic E-state index is 0.228. The Bertz CT molecular complexity index is 213. The van der Waals surface area contributed by atoms with Gasteiger partial charge in [-0.25, -0.2) is 0 Å². The Morgan fingerprint density at radius 1 is 1.33 bits per heavy atom. The molecule has 1 aliphatic heterocycles. The summed E-state index contributed by atoms with van der Waals surface area (Å²) in [5.41, 5.74) is 0. The lowest BCUT2D eigenvalue weighted by Crippen LogP contribution is -2.51. The molecule has 0 bridgehead atoms. The van der Waals surface area contributed by atoms with Crippen molar-refractivity contribution in [3.63, 3.8) is 0 Å². The van der Waals surface area contributed by atoms with Crippen LogP contribution in [0.25, 0.3) is 0 Å². The Hall–Kier alpha value is -0.260. The molecule has 1 heterocycles. The molecule has 0 aromatic rings. The normalized spacial score (nSPS) is 20.7. The predicted molar refractivity (Wildman–Crippen MR) is 65.2 cm³/mol. The summed E-state index contributed by atoms with van der Waals surface area (Å²) in [6.45, 7) is 6.11. The molecule has 5 heteroatoms. The van der Waals surface area contributed by atoms with Gasteiger partial charge in [0.05, 0.1) is 11.9 Å². The van der Waals surface area contributed by atoms with Crippen LogP contribution in [-0.2, 0) is 4.79 Å². The summed E-state index contributed by atoms with van der Waals surface area (Å²) in [4.78, 5) is 17.9. The minimum Gasteiger partial charge on any atom is -0.339 e. The maximum atomic E-state index is 11.7. The Morgan fingerprint density at radius 3 is 2.27 bits per heavy atom. The molecule has 88 valence electrons. The molecule has 1 saturated heterocycles. The van der Waals surface area contributed by atoms with E-state index < -0.39 is 0 Å². The highest BCUT2D eigenvalue weighted by Crippen LogP contribution is 2.08. The number of nitrogens with zero attached hydrogens (tertiary/aromatic N) is 3. The quantitative estimate of drug-likeness (QED) is 0.691. The van der Waals surface area contributed by atoms with Gasteiger partial charge < -0.3 is 9.80 Å². The largest absolute Gasteiger partial charge is 0.339 e. The highest BCUT2D eigenvalue weighted by Gasteiger charge is 2.22. The van der Waals surface area contributed by atoms with Gasteiger partial charge in [0.15, 0.2) is 0 Å². The van der Waals surface area contributed by atoms with E-state index in [9.17, 15) is 4.79 Å². The van der Waals surface area contributed by atoms with Gasteiger partial charge in [0.2, 0.25) is 5.91 Å². The molecular weight excluding hydrogens is 210 g/mol. The highest BCUT2D eigenvalue weighted by molar-refractivity contribution is 7.80. The van der Waals surface area contributed by atoms with E-state index in [1.807, 2.05) is 23.9 Å². The fourth-order valence-corrected chi connectivity index (χ4v) is 1.95. The summed E-state index contributed by atoms with van der Waals surface area (Å²) in [5, 5.41) is 0.288. The molecule has 1 rings (SSSR count). The maximum Gasteiger partial charge on any atom is 0.236 e. The fourth-order valence-electron chi connectivity index (χ4n) is 1.72. The van der Waals surface area contributed by atoms with Crippen molar-refractivity contribution in [2.24, 2.45) is 0 Å². The summed E-state index contributed by atoms with van der Waals surface area (Å²) in [6, 6.07) is 0. The molecule has 0 aromatic carbocycles. The molecule has 0 aliphatic carbocycles. The molecule has 0 unspecified atom stereocenters. The lowest BCUT2D eigenvalue weighted by molar-refractivity contribution is -0.133. The van der Waals surface area contributed by atoms with Gasteiger partial charge in [-0.1, -0.05) is 0 Å². The van der Waals surface area contributed by atoms with E-state index in [4.69, 9.17) is 0 Å². The van der Waals surface area contributed by atoms with Crippen LogP contribution in [-0.4, -0.2) is 72.8 Å². The zero-order valence-corrected chi connectivity index (χ0v) is 10.7. The molecule has 0 spiro atoms. The van der Waals surface area contributed by atoms with Crippen LogP contribution in [0.3, 0.4) is 0 Å². The summed E-state index contributed by atoms with van der Waals surface area (Å²) in [5.74, 6) is 0.228. The van der Waals surface area contributed by atoms with Crippen LogP contribution < -0.4 is 0 Å². The van der Waals surface area contributed by atoms with Crippen LogP contribution >= 0.6 is 12.6 Å². The molecule has 1 amide bonds. The number of amides is 1. The topological polar surface area (TPSA) is 26.8 Å². The van der Waals surface area contributed by atoms with E-state index in [2.05, 4.69) is 24.5 Å². The van der Waals surface area contributed by atoms with Crippen LogP contribution in [0.1, 0.15) is 6.92 Å². The van der Waals surface area contributed by atoms with Gasteiger partial charge in [-0.3, -0.25) is 9.69 Å². The molecule has 0 N–H and O–H groups in total. The number of rotatable bonds is 3. The average Bonchev–Trinajstić information content (AvgIpc) is 2.17. The number of carbonyl (C=O) groups is 1. The van der Waals surface area contributed by atoms with E-state index in [1.165, 1.54) is 0 Å². The van der Waals surface area contributed by atoms with Crippen LogP contribution in [0, 0.1) is 0 Å². The Kier molecular flexibility index (Phi) is 4.89. The van der Waals surface area contributed by atoms with Crippen molar-refractivity contribution in [2.75, 3.05) is 46.8 Å². The number of piperazine rings is 1. The molecule has 15 heavy (non-hydrogen) atoms. The van der Waals surface area contributed by atoms with Crippen molar-refractivity contribution in [2.45, 2.75) is 12.3 Å². The molecule has 4 nitrogen and oxygen atoms in total. The van der Waals surface area contributed by atoms with E-state index in [1.54, 1.807) is 0 Å². The summed E-state index contributed by atoms with van der Waals surface area (Å²) in [6.07, 6.45) is 0. The Morgan fingerprint density at radius 2 is 1.87 bits per heavy atom. The fraction of sp³-hybridized carbons (Fsp3) is 0.900. The third-order valence-corrected chi connectivity index (χ3v) is 2.97. The van der Waals surface area contributed by atoms with Gasteiger partial charge in [0, 0.05) is 26.2 Å². The van der Waals surface area contributed by atoms with Crippen LogP contribution in [0.5, 0.6) is 0 Å². The van der Waals surface area contributed by atoms with Gasteiger partial charge >= 0.3 is 0 Å². The molecule has 0 aromatic heterocycles. The zero-order valence-electron chi connectivity index (χ0n) is 9.81. The highest BCUT2D eigenvalue weighted by atomic mass is 32.1. The number of hydrogen-bond acceptors (Lipinski definition) is 4. The molecule has 0 radical (unpaired) electrons. The van der Waals surface area contributed by atoms with Gasteiger partial charge in [-0.15, -0.1) is 0 Å². The smallest absolute Gasteiger partial charge is 0.236 e. The van der Waals surface area contributed by atoms with Gasteiger partial charge in [-0.2, -0.15) is 12.6 Å². The number of likely N-dealkylation sites (N-methyl/N-ethyl adjacent to an activating group) is 1. The summed E-state index contributed by atoms with van der Waals surface area (Å²) in [7, 11) is 3.84. The van der Waals surface area contributed by atoms with Crippen molar-refractivity contribution in [3.05, 3.63) is 0 Å². The lowest BCUT2D eigenvalue weighted by atomic mass is 10.3. The zero-order chi connectivity index (χ0) is 11.4. The van der Waals surface area contributed by atoms with Gasteiger partial charge in [0.25, 0.3) is 0 Å². The van der Waals surface area contributed by atoms with Crippen molar-refractivity contribution in [3.8, 4) is 0 Å². The predicted octanol–water partition coefficient (Wildman–Crippen LogP) is -0.0320.